The van der Waals surface area contributed by atoms with E-state index in [1.807, 2.05) is 12.1 Å². The summed E-state index contributed by atoms with van der Waals surface area (Å²) < 4.78 is 6.59. The number of nitrogens with zero attached hydrogens (tertiary/aromatic N) is 8. The quantitative estimate of drug-likeness (QED) is 0.311. The van der Waals surface area contributed by atoms with Crippen LogP contribution in [0.1, 0.15) is 44.4 Å². The van der Waals surface area contributed by atoms with Gasteiger partial charge in [0.15, 0.2) is 0 Å². The summed E-state index contributed by atoms with van der Waals surface area (Å²) >= 11 is 6.75. The molecule has 7 rings (SSSR count). The summed E-state index contributed by atoms with van der Waals surface area (Å²) in [6.07, 6.45) is 4.54. The van der Waals surface area contributed by atoms with E-state index in [1.165, 1.54) is 6.08 Å². The SMILES string of the molecule is C=CC(=O)N1CCN(c2nc(OCC3(N4CCN(C)C(C)(C)C4)CC3)nc3c2CCN(c2cccc4cccc(Cl)c24)C3)C[C@@H]1CC#N. The molecule has 1 saturated carbocycles. The summed E-state index contributed by atoms with van der Waals surface area (Å²) in [5, 5.41) is 12.5. The van der Waals surface area contributed by atoms with Gasteiger partial charge in [0.1, 0.15) is 12.4 Å². The van der Waals surface area contributed by atoms with Gasteiger partial charge in [-0.05, 0) is 63.8 Å². The van der Waals surface area contributed by atoms with Gasteiger partial charge in [0.2, 0.25) is 5.91 Å². The summed E-state index contributed by atoms with van der Waals surface area (Å²) in [6, 6.07) is 14.8. The van der Waals surface area contributed by atoms with Gasteiger partial charge in [-0.15, -0.1) is 0 Å². The maximum Gasteiger partial charge on any atom is 0.318 e. The van der Waals surface area contributed by atoms with E-state index >= 15 is 0 Å². The molecule has 10 nitrogen and oxygen atoms in total. The van der Waals surface area contributed by atoms with Gasteiger partial charge < -0.3 is 19.4 Å². The molecule has 1 amide bonds. The number of fused-ring (bicyclic) bond motifs is 2. The lowest BCUT2D eigenvalue weighted by Crippen LogP contribution is -2.61. The summed E-state index contributed by atoms with van der Waals surface area (Å²) in [5.74, 6) is 0.708. The molecule has 4 heterocycles. The summed E-state index contributed by atoms with van der Waals surface area (Å²) in [6.45, 7) is 14.9. The molecule has 2 saturated heterocycles. The normalized spacial score (nSPS) is 22.2. The Labute approximate surface area is 288 Å². The van der Waals surface area contributed by atoms with Crippen LogP contribution in [-0.2, 0) is 17.8 Å². The number of rotatable bonds is 8. The van der Waals surface area contributed by atoms with Crippen LogP contribution in [0.3, 0.4) is 0 Å². The van der Waals surface area contributed by atoms with E-state index in [9.17, 15) is 10.1 Å². The smallest absolute Gasteiger partial charge is 0.318 e. The van der Waals surface area contributed by atoms with Crippen molar-refractivity contribution in [3.05, 3.63) is 65.3 Å². The molecule has 1 aromatic heterocycles. The number of piperazine rings is 2. The Hall–Kier alpha value is -3.91. The van der Waals surface area contributed by atoms with Crippen molar-refractivity contribution >= 4 is 39.8 Å². The van der Waals surface area contributed by atoms with Gasteiger partial charge in [-0.1, -0.05) is 42.4 Å². The highest BCUT2D eigenvalue weighted by molar-refractivity contribution is 6.36. The molecule has 3 fully saturated rings. The fraction of sp³-hybridized carbons (Fsp3) is 0.514. The van der Waals surface area contributed by atoms with E-state index in [0.29, 0.717) is 38.8 Å². The lowest BCUT2D eigenvalue weighted by atomic mass is 9.98. The van der Waals surface area contributed by atoms with Crippen molar-refractivity contribution < 1.29 is 9.53 Å². The number of hydrogen-bond acceptors (Lipinski definition) is 9. The van der Waals surface area contributed by atoms with Crippen LogP contribution in [0.4, 0.5) is 11.5 Å². The van der Waals surface area contributed by atoms with Crippen LogP contribution in [0.25, 0.3) is 10.8 Å². The van der Waals surface area contributed by atoms with Gasteiger partial charge in [-0.25, -0.2) is 0 Å². The molecule has 48 heavy (non-hydrogen) atoms. The zero-order chi connectivity index (χ0) is 33.6. The first-order valence-electron chi connectivity index (χ1n) is 17.1. The number of amides is 1. The number of halogens is 1. The number of ether oxygens (including phenoxy) is 1. The zero-order valence-electron chi connectivity index (χ0n) is 28.3. The monoisotopic (exact) mass is 668 g/mol. The molecular weight excluding hydrogens is 624 g/mol. The van der Waals surface area contributed by atoms with E-state index < -0.39 is 0 Å². The molecule has 0 radical (unpaired) electrons. The van der Waals surface area contributed by atoms with Crippen molar-refractivity contribution in [3.8, 4) is 12.1 Å². The predicted octanol–water partition coefficient (Wildman–Crippen LogP) is 4.90. The first-order valence-corrected chi connectivity index (χ1v) is 17.5. The third kappa shape index (κ3) is 6.08. The Morgan fingerprint density at radius 3 is 2.62 bits per heavy atom. The second kappa shape index (κ2) is 12.8. The second-order valence-corrected chi connectivity index (χ2v) is 14.8. The van der Waals surface area contributed by atoms with E-state index in [1.54, 1.807) is 4.90 Å². The molecule has 0 unspecified atom stereocenters. The Morgan fingerprint density at radius 1 is 1.10 bits per heavy atom. The van der Waals surface area contributed by atoms with Crippen molar-refractivity contribution in [1.29, 1.82) is 5.26 Å². The minimum absolute atomic E-state index is 0.0122. The first kappa shape index (κ1) is 32.6. The van der Waals surface area contributed by atoms with E-state index in [2.05, 4.69) is 77.4 Å². The molecule has 252 valence electrons. The standard InChI is InChI=1S/C37H45ClN8O2/c1-5-32(47)46-21-19-44(22-27(46)12-16-39)34-28-13-17-43(31-11-7-9-26-8-6-10-29(38)33(26)31)23-30(28)40-35(41-34)48-25-37(14-15-37)45-20-18-42(4)36(2,3)24-45/h5-11,27H,1,12-15,17-25H2,2-4H3/t27-/m0/s1. The topological polar surface area (TPSA) is 92.1 Å². The number of benzene rings is 2. The first-order chi connectivity index (χ1) is 23.1. The lowest BCUT2D eigenvalue weighted by molar-refractivity contribution is -0.128. The van der Waals surface area contributed by atoms with Crippen LogP contribution in [0, 0.1) is 11.3 Å². The third-order valence-corrected chi connectivity index (χ3v) is 11.4. The average Bonchev–Trinajstić information content (AvgIpc) is 3.89. The number of aromatic nitrogens is 2. The van der Waals surface area contributed by atoms with Gasteiger partial charge in [0.25, 0.3) is 0 Å². The molecule has 0 bridgehead atoms. The molecule has 1 aliphatic carbocycles. The maximum atomic E-state index is 12.7. The van der Waals surface area contributed by atoms with Gasteiger partial charge >= 0.3 is 6.01 Å². The average molecular weight is 669 g/mol. The van der Waals surface area contributed by atoms with Gasteiger partial charge in [-0.3, -0.25) is 14.6 Å². The predicted molar refractivity (Wildman–Crippen MR) is 190 cm³/mol. The van der Waals surface area contributed by atoms with Crippen molar-refractivity contribution in [1.82, 2.24) is 24.7 Å². The highest BCUT2D eigenvalue weighted by Crippen LogP contribution is 2.44. The molecule has 11 heteroatoms. The number of carbonyl (C=O) groups is 1. The Balaban J connectivity index is 1.20. The van der Waals surface area contributed by atoms with Gasteiger partial charge in [0.05, 0.1) is 41.3 Å². The number of carbonyl (C=O) groups excluding carboxylic acids is 1. The minimum Gasteiger partial charge on any atom is -0.461 e. The molecule has 1 atom stereocenters. The highest BCUT2D eigenvalue weighted by Gasteiger charge is 2.52. The van der Waals surface area contributed by atoms with Crippen molar-refractivity contribution in [3.63, 3.8) is 0 Å². The molecular formula is C37H45ClN8O2. The molecule has 3 aliphatic heterocycles. The molecule has 2 aromatic carbocycles. The largest absolute Gasteiger partial charge is 0.461 e. The lowest BCUT2D eigenvalue weighted by Gasteiger charge is -2.48. The molecule has 0 N–H and O–H groups in total. The third-order valence-electron chi connectivity index (χ3n) is 11.0. The Morgan fingerprint density at radius 2 is 1.90 bits per heavy atom. The van der Waals surface area contributed by atoms with Crippen molar-refractivity contribution in [2.45, 2.75) is 63.2 Å². The van der Waals surface area contributed by atoms with Crippen LogP contribution in [0.2, 0.25) is 5.02 Å². The van der Waals surface area contributed by atoms with Crippen LogP contribution in [0.5, 0.6) is 6.01 Å². The van der Waals surface area contributed by atoms with Crippen molar-refractivity contribution in [2.24, 2.45) is 0 Å². The van der Waals surface area contributed by atoms with Gasteiger partial charge in [0, 0.05) is 68.0 Å². The maximum absolute atomic E-state index is 12.7. The zero-order valence-corrected chi connectivity index (χ0v) is 29.0. The summed E-state index contributed by atoms with van der Waals surface area (Å²) in [5.41, 5.74) is 3.25. The van der Waals surface area contributed by atoms with Crippen LogP contribution < -0.4 is 14.5 Å². The Kier molecular flexibility index (Phi) is 8.73. The number of likely N-dealkylation sites (N-methyl/N-ethyl adjacent to an activating group) is 1. The van der Waals surface area contributed by atoms with E-state index in [0.717, 1.165) is 84.0 Å². The fourth-order valence-corrected chi connectivity index (χ4v) is 8.01. The Bertz CT molecular complexity index is 1760. The van der Waals surface area contributed by atoms with E-state index in [4.69, 9.17) is 26.3 Å². The summed E-state index contributed by atoms with van der Waals surface area (Å²) in [4.78, 5) is 34.2. The van der Waals surface area contributed by atoms with Gasteiger partial charge in [-0.2, -0.15) is 15.2 Å². The van der Waals surface area contributed by atoms with Crippen molar-refractivity contribution in [2.75, 3.05) is 69.3 Å². The number of hydrogen-bond donors (Lipinski definition) is 0. The number of nitriles is 1. The van der Waals surface area contributed by atoms with Crippen LogP contribution in [0.15, 0.2) is 49.1 Å². The second-order valence-electron chi connectivity index (χ2n) is 14.4. The summed E-state index contributed by atoms with van der Waals surface area (Å²) in [7, 11) is 2.21. The molecule has 0 spiro atoms. The highest BCUT2D eigenvalue weighted by atomic mass is 35.5. The fourth-order valence-electron chi connectivity index (χ4n) is 7.74. The molecule has 3 aromatic rings. The van der Waals surface area contributed by atoms with E-state index in [-0.39, 0.29) is 29.4 Å². The number of anilines is 2. The van der Waals surface area contributed by atoms with Crippen LogP contribution in [-0.4, -0.2) is 107 Å². The van der Waals surface area contributed by atoms with Crippen LogP contribution >= 0.6 is 11.6 Å². The minimum atomic E-state index is -0.252. The molecule has 4 aliphatic rings.